The third kappa shape index (κ3) is 3.30. The number of hydrogen-bond donors (Lipinski definition) is 1. The summed E-state index contributed by atoms with van der Waals surface area (Å²) >= 11 is 6.00. The molecule has 0 bridgehead atoms. The molecule has 110 valence electrons. The van der Waals surface area contributed by atoms with Gasteiger partial charge in [-0.1, -0.05) is 31.4 Å². The van der Waals surface area contributed by atoms with Crippen LogP contribution in [0.5, 0.6) is 0 Å². The summed E-state index contributed by atoms with van der Waals surface area (Å²) in [4.78, 5) is 10.8. The molecular formula is C15H21ClN2O2. The van der Waals surface area contributed by atoms with Crippen molar-refractivity contribution in [2.24, 2.45) is 17.1 Å². The molecule has 0 atom stereocenters. The Morgan fingerprint density at radius 2 is 2.10 bits per heavy atom. The van der Waals surface area contributed by atoms with Crippen LogP contribution in [-0.2, 0) is 6.42 Å². The van der Waals surface area contributed by atoms with Gasteiger partial charge < -0.3 is 5.73 Å². The third-order valence-corrected chi connectivity index (χ3v) is 4.81. The van der Waals surface area contributed by atoms with Crippen molar-refractivity contribution in [3.05, 3.63) is 38.9 Å². The molecule has 0 aromatic heterocycles. The van der Waals surface area contributed by atoms with Gasteiger partial charge in [0.1, 0.15) is 0 Å². The van der Waals surface area contributed by atoms with Crippen molar-refractivity contribution < 1.29 is 4.92 Å². The van der Waals surface area contributed by atoms with Crippen LogP contribution >= 0.6 is 11.6 Å². The van der Waals surface area contributed by atoms with Crippen LogP contribution in [0, 0.1) is 21.4 Å². The summed E-state index contributed by atoms with van der Waals surface area (Å²) in [7, 11) is 0. The van der Waals surface area contributed by atoms with Gasteiger partial charge in [0.05, 0.1) is 4.92 Å². The monoisotopic (exact) mass is 296 g/mol. The number of halogens is 1. The molecule has 2 rings (SSSR count). The topological polar surface area (TPSA) is 69.2 Å². The lowest BCUT2D eigenvalue weighted by Crippen LogP contribution is -2.36. The van der Waals surface area contributed by atoms with Gasteiger partial charge in [0.25, 0.3) is 5.69 Å². The van der Waals surface area contributed by atoms with Gasteiger partial charge in [-0.3, -0.25) is 10.1 Å². The Labute approximate surface area is 124 Å². The molecule has 0 unspecified atom stereocenters. The largest absolute Gasteiger partial charge is 0.330 e. The predicted molar refractivity (Wildman–Crippen MR) is 80.9 cm³/mol. The molecular weight excluding hydrogens is 276 g/mol. The number of nitro groups is 1. The fraction of sp³-hybridized carbons (Fsp3) is 0.600. The normalized spacial score (nSPS) is 26.4. The summed E-state index contributed by atoms with van der Waals surface area (Å²) in [6.45, 7) is 2.83. The highest BCUT2D eigenvalue weighted by molar-refractivity contribution is 6.30. The highest BCUT2D eigenvalue weighted by Gasteiger charge is 2.34. The lowest BCUT2D eigenvalue weighted by Gasteiger charge is -2.38. The average Bonchev–Trinajstić information content (AvgIpc) is 2.41. The summed E-state index contributed by atoms with van der Waals surface area (Å²) in [6.07, 6.45) is 5.01. The first kappa shape index (κ1) is 15.3. The summed E-state index contributed by atoms with van der Waals surface area (Å²) in [6, 6.07) is 4.78. The van der Waals surface area contributed by atoms with Crippen LogP contribution in [0.15, 0.2) is 18.2 Å². The van der Waals surface area contributed by atoms with Crippen molar-refractivity contribution >= 4 is 17.3 Å². The van der Waals surface area contributed by atoms with E-state index in [1.165, 1.54) is 6.07 Å². The Morgan fingerprint density at radius 1 is 1.45 bits per heavy atom. The minimum absolute atomic E-state index is 0.0120. The summed E-state index contributed by atoms with van der Waals surface area (Å²) in [5.41, 5.74) is 6.85. The van der Waals surface area contributed by atoms with Crippen molar-refractivity contribution in [1.29, 1.82) is 0 Å². The van der Waals surface area contributed by atoms with Gasteiger partial charge >= 0.3 is 0 Å². The maximum absolute atomic E-state index is 11.2. The van der Waals surface area contributed by atoms with Gasteiger partial charge in [-0.15, -0.1) is 0 Å². The molecule has 4 nitrogen and oxygen atoms in total. The first-order chi connectivity index (χ1) is 9.46. The fourth-order valence-corrected chi connectivity index (χ4v) is 3.30. The standard InChI is InChI=1S/C15H21ClN2O2/c1-11-4-6-15(10-17,7-5-11)9-12-8-13(16)2-3-14(12)18(19)20/h2-3,8,11H,4-7,9-10,17H2,1H3. The summed E-state index contributed by atoms with van der Waals surface area (Å²) < 4.78 is 0. The molecule has 0 amide bonds. The molecule has 0 aliphatic heterocycles. The zero-order chi connectivity index (χ0) is 14.8. The van der Waals surface area contributed by atoms with E-state index >= 15 is 0 Å². The second kappa shape index (κ2) is 6.10. The Morgan fingerprint density at radius 3 is 2.65 bits per heavy atom. The van der Waals surface area contributed by atoms with Crippen LogP contribution in [0.25, 0.3) is 0 Å². The van der Waals surface area contributed by atoms with E-state index in [-0.39, 0.29) is 16.0 Å². The van der Waals surface area contributed by atoms with E-state index in [0.717, 1.165) is 31.6 Å². The van der Waals surface area contributed by atoms with Crippen molar-refractivity contribution in [2.45, 2.75) is 39.0 Å². The van der Waals surface area contributed by atoms with Crippen LogP contribution in [0.2, 0.25) is 5.02 Å². The first-order valence-electron chi connectivity index (χ1n) is 7.09. The highest BCUT2D eigenvalue weighted by Crippen LogP contribution is 2.42. The van der Waals surface area contributed by atoms with Crippen LogP contribution in [0.3, 0.4) is 0 Å². The van der Waals surface area contributed by atoms with Crippen molar-refractivity contribution in [1.82, 2.24) is 0 Å². The molecule has 0 saturated heterocycles. The number of hydrogen-bond acceptors (Lipinski definition) is 3. The molecule has 2 N–H and O–H groups in total. The quantitative estimate of drug-likeness (QED) is 0.675. The van der Waals surface area contributed by atoms with E-state index in [0.29, 0.717) is 23.6 Å². The SMILES string of the molecule is CC1CCC(CN)(Cc2cc(Cl)ccc2[N+](=O)[O-])CC1. The van der Waals surface area contributed by atoms with E-state index in [2.05, 4.69) is 6.92 Å². The third-order valence-electron chi connectivity index (χ3n) is 4.57. The van der Waals surface area contributed by atoms with E-state index in [1.54, 1.807) is 12.1 Å². The number of nitrogens with two attached hydrogens (primary N) is 1. The molecule has 1 fully saturated rings. The lowest BCUT2D eigenvalue weighted by atomic mass is 9.67. The number of nitro benzene ring substituents is 1. The van der Waals surface area contributed by atoms with Crippen molar-refractivity contribution in [2.75, 3.05) is 6.54 Å². The molecule has 1 aliphatic rings. The first-order valence-corrected chi connectivity index (χ1v) is 7.46. The summed E-state index contributed by atoms with van der Waals surface area (Å²) in [5, 5.41) is 11.7. The Bertz CT molecular complexity index is 497. The smallest absolute Gasteiger partial charge is 0.272 e. The molecule has 1 aromatic rings. The van der Waals surface area contributed by atoms with Crippen molar-refractivity contribution in [3.8, 4) is 0 Å². The number of benzene rings is 1. The molecule has 1 aliphatic carbocycles. The molecule has 1 aromatic carbocycles. The Balaban J connectivity index is 2.27. The molecule has 5 heteroatoms. The molecule has 0 radical (unpaired) electrons. The van der Waals surface area contributed by atoms with Gasteiger partial charge in [-0.05, 0) is 49.3 Å². The molecule has 1 saturated carbocycles. The minimum atomic E-state index is -0.332. The van der Waals surface area contributed by atoms with E-state index in [1.807, 2.05) is 0 Å². The van der Waals surface area contributed by atoms with E-state index in [9.17, 15) is 10.1 Å². The van der Waals surface area contributed by atoms with Crippen LogP contribution < -0.4 is 5.73 Å². The van der Waals surface area contributed by atoms with Crippen LogP contribution in [-0.4, -0.2) is 11.5 Å². The van der Waals surface area contributed by atoms with Crippen LogP contribution in [0.4, 0.5) is 5.69 Å². The van der Waals surface area contributed by atoms with E-state index < -0.39 is 0 Å². The molecule has 0 heterocycles. The highest BCUT2D eigenvalue weighted by atomic mass is 35.5. The zero-order valence-corrected chi connectivity index (χ0v) is 12.5. The Kier molecular flexibility index (Phi) is 4.66. The van der Waals surface area contributed by atoms with Gasteiger partial charge in [0.2, 0.25) is 0 Å². The van der Waals surface area contributed by atoms with Gasteiger partial charge in [0, 0.05) is 16.7 Å². The number of rotatable bonds is 4. The van der Waals surface area contributed by atoms with Gasteiger partial charge in [-0.2, -0.15) is 0 Å². The molecule has 20 heavy (non-hydrogen) atoms. The predicted octanol–water partition coefficient (Wildman–Crippen LogP) is 3.95. The lowest BCUT2D eigenvalue weighted by molar-refractivity contribution is -0.385. The molecule has 0 spiro atoms. The van der Waals surface area contributed by atoms with Gasteiger partial charge in [-0.25, -0.2) is 0 Å². The van der Waals surface area contributed by atoms with Crippen molar-refractivity contribution in [3.63, 3.8) is 0 Å². The number of nitrogens with zero attached hydrogens (tertiary/aromatic N) is 1. The second-order valence-corrected chi connectivity index (χ2v) is 6.53. The Hall–Kier alpha value is -1.13. The maximum Gasteiger partial charge on any atom is 0.272 e. The van der Waals surface area contributed by atoms with Crippen LogP contribution in [0.1, 0.15) is 38.2 Å². The summed E-state index contributed by atoms with van der Waals surface area (Å²) in [5.74, 6) is 0.726. The maximum atomic E-state index is 11.2. The van der Waals surface area contributed by atoms with Gasteiger partial charge in [0.15, 0.2) is 0 Å². The van der Waals surface area contributed by atoms with E-state index in [4.69, 9.17) is 17.3 Å². The zero-order valence-electron chi connectivity index (χ0n) is 11.8. The minimum Gasteiger partial charge on any atom is -0.330 e. The fourth-order valence-electron chi connectivity index (χ4n) is 3.11. The average molecular weight is 297 g/mol. The second-order valence-electron chi connectivity index (χ2n) is 6.09.